The molecular weight excluding hydrogens is 308 g/mol. The van der Waals surface area contributed by atoms with Gasteiger partial charge in [0, 0.05) is 6.61 Å². The Morgan fingerprint density at radius 1 is 1.14 bits per heavy atom. The molecule has 0 saturated heterocycles. The highest BCUT2D eigenvalue weighted by Gasteiger charge is 2.57. The van der Waals surface area contributed by atoms with E-state index in [4.69, 9.17) is 5.73 Å². The molecule has 21 heavy (non-hydrogen) atoms. The van der Waals surface area contributed by atoms with Gasteiger partial charge in [-0.3, -0.25) is 4.79 Å². The average Bonchev–Trinajstić information content (AvgIpc) is 2.25. The molecule has 0 radical (unpaired) electrons. The van der Waals surface area contributed by atoms with E-state index in [-0.39, 0.29) is 19.4 Å². The van der Waals surface area contributed by atoms with Crippen LogP contribution in [0, 0.1) is 0 Å². The molecule has 0 aromatic heterocycles. The molecule has 0 aliphatic carbocycles. The molecule has 4 nitrogen and oxygen atoms in total. The quantitative estimate of drug-likeness (QED) is 0.444. The second kappa shape index (κ2) is 7.30. The molecular formula is C11H17F6NO3. The number of nitrogens with two attached hydrogens (primary N) is 1. The molecule has 10 heteroatoms. The van der Waals surface area contributed by atoms with Crippen molar-refractivity contribution in [2.45, 2.75) is 50.7 Å². The van der Waals surface area contributed by atoms with Crippen LogP contribution in [0.2, 0.25) is 0 Å². The largest absolute Gasteiger partial charge is 0.465 e. The Morgan fingerprint density at radius 2 is 1.62 bits per heavy atom. The number of ether oxygens (including phenoxy) is 2. The zero-order valence-electron chi connectivity index (χ0n) is 11.5. The van der Waals surface area contributed by atoms with Crippen LogP contribution in [0.25, 0.3) is 0 Å². The third kappa shape index (κ3) is 6.98. The fraction of sp³-hybridized carbons (Fsp3) is 0.909. The number of hydrogen-bond donors (Lipinski definition) is 1. The van der Waals surface area contributed by atoms with Gasteiger partial charge in [-0.25, -0.2) is 0 Å². The summed E-state index contributed by atoms with van der Waals surface area (Å²) in [6, 6.07) is 0. The Morgan fingerprint density at radius 3 is 2.00 bits per heavy atom. The SMILES string of the molecule is CCOC(=O)C(C)(N)CCCOC(C(F)(F)F)C(F)(F)F. The van der Waals surface area contributed by atoms with Gasteiger partial charge >= 0.3 is 18.3 Å². The van der Waals surface area contributed by atoms with Crippen LogP contribution in [-0.2, 0) is 14.3 Å². The summed E-state index contributed by atoms with van der Waals surface area (Å²) in [7, 11) is 0. The molecule has 0 bridgehead atoms. The number of halogens is 6. The van der Waals surface area contributed by atoms with E-state index < -0.39 is 36.6 Å². The van der Waals surface area contributed by atoms with Crippen molar-refractivity contribution in [2.24, 2.45) is 5.73 Å². The Balaban J connectivity index is 4.39. The summed E-state index contributed by atoms with van der Waals surface area (Å²) in [5.74, 6) is -0.784. The first-order valence-electron chi connectivity index (χ1n) is 6.03. The molecule has 0 aliphatic heterocycles. The number of rotatable bonds is 7. The van der Waals surface area contributed by atoms with Crippen molar-refractivity contribution in [2.75, 3.05) is 13.2 Å². The highest BCUT2D eigenvalue weighted by molar-refractivity contribution is 5.79. The van der Waals surface area contributed by atoms with E-state index >= 15 is 0 Å². The van der Waals surface area contributed by atoms with Gasteiger partial charge in [0.2, 0.25) is 6.10 Å². The number of carbonyl (C=O) groups is 1. The first-order chi connectivity index (χ1) is 9.32. The first kappa shape index (κ1) is 20.0. The number of esters is 1. The molecule has 0 heterocycles. The Kier molecular flexibility index (Phi) is 6.94. The van der Waals surface area contributed by atoms with Gasteiger partial charge in [0.15, 0.2) is 0 Å². The van der Waals surface area contributed by atoms with E-state index in [1.165, 1.54) is 13.8 Å². The standard InChI is InChI=1S/C11H17F6NO3/c1-3-20-8(19)9(2,18)5-4-6-21-7(10(12,13)14)11(15,16)17/h7H,3-6,18H2,1-2H3. The number of hydrogen-bond acceptors (Lipinski definition) is 4. The van der Waals surface area contributed by atoms with Crippen molar-refractivity contribution in [3.63, 3.8) is 0 Å². The van der Waals surface area contributed by atoms with Crippen LogP contribution in [0.1, 0.15) is 26.7 Å². The highest BCUT2D eigenvalue weighted by atomic mass is 19.4. The third-order valence-corrected chi connectivity index (χ3v) is 2.46. The van der Waals surface area contributed by atoms with Crippen molar-refractivity contribution < 1.29 is 40.6 Å². The van der Waals surface area contributed by atoms with Gasteiger partial charge in [-0.15, -0.1) is 0 Å². The Hall–Kier alpha value is -1.03. The first-order valence-corrected chi connectivity index (χ1v) is 6.03. The van der Waals surface area contributed by atoms with Gasteiger partial charge in [-0.2, -0.15) is 26.3 Å². The lowest BCUT2D eigenvalue weighted by molar-refractivity contribution is -0.321. The summed E-state index contributed by atoms with van der Waals surface area (Å²) in [4.78, 5) is 11.4. The number of alkyl halides is 6. The lowest BCUT2D eigenvalue weighted by Gasteiger charge is -2.25. The fourth-order valence-corrected chi connectivity index (χ4v) is 1.41. The van der Waals surface area contributed by atoms with Crippen molar-refractivity contribution >= 4 is 5.97 Å². The monoisotopic (exact) mass is 325 g/mol. The summed E-state index contributed by atoms with van der Waals surface area (Å²) in [6.07, 6.45) is -15.4. The molecule has 0 aliphatic rings. The van der Waals surface area contributed by atoms with Crippen LogP contribution in [0.15, 0.2) is 0 Å². The van der Waals surface area contributed by atoms with Gasteiger partial charge in [0.05, 0.1) is 6.61 Å². The van der Waals surface area contributed by atoms with Crippen molar-refractivity contribution in [1.82, 2.24) is 0 Å². The summed E-state index contributed by atoms with van der Waals surface area (Å²) in [6.45, 7) is 2.03. The molecule has 2 N–H and O–H groups in total. The maximum absolute atomic E-state index is 12.2. The van der Waals surface area contributed by atoms with Gasteiger partial charge in [-0.1, -0.05) is 0 Å². The van der Waals surface area contributed by atoms with Crippen LogP contribution < -0.4 is 5.73 Å². The molecule has 0 spiro atoms. The molecule has 0 fully saturated rings. The van der Waals surface area contributed by atoms with Crippen molar-refractivity contribution in [3.05, 3.63) is 0 Å². The van der Waals surface area contributed by atoms with Gasteiger partial charge in [-0.05, 0) is 26.7 Å². The molecule has 0 aromatic rings. The Bertz CT molecular complexity index is 326. The summed E-state index contributed by atoms with van der Waals surface area (Å²) >= 11 is 0. The summed E-state index contributed by atoms with van der Waals surface area (Å²) in [5, 5.41) is 0. The maximum atomic E-state index is 12.2. The predicted molar refractivity (Wildman–Crippen MR) is 60.3 cm³/mol. The zero-order chi connectivity index (χ0) is 16.9. The molecule has 1 atom stereocenters. The van der Waals surface area contributed by atoms with Crippen LogP contribution >= 0.6 is 0 Å². The second-order valence-electron chi connectivity index (χ2n) is 4.58. The van der Waals surface area contributed by atoms with E-state index in [2.05, 4.69) is 9.47 Å². The highest BCUT2D eigenvalue weighted by Crippen LogP contribution is 2.35. The van der Waals surface area contributed by atoms with E-state index in [1.54, 1.807) is 0 Å². The molecule has 0 rings (SSSR count). The molecule has 1 unspecified atom stereocenters. The summed E-state index contributed by atoms with van der Waals surface area (Å²) < 4.78 is 81.4. The molecule has 0 saturated carbocycles. The minimum Gasteiger partial charge on any atom is -0.465 e. The van der Waals surface area contributed by atoms with Crippen LogP contribution in [0.4, 0.5) is 26.3 Å². The molecule has 0 amide bonds. The van der Waals surface area contributed by atoms with Gasteiger partial charge in [0.1, 0.15) is 5.54 Å². The van der Waals surface area contributed by atoms with Crippen LogP contribution in [0.5, 0.6) is 0 Å². The normalized spacial score (nSPS) is 15.9. The summed E-state index contributed by atoms with van der Waals surface area (Å²) in [5.41, 5.74) is 4.07. The van der Waals surface area contributed by atoms with Crippen LogP contribution in [0.3, 0.4) is 0 Å². The second-order valence-corrected chi connectivity index (χ2v) is 4.58. The predicted octanol–water partition coefficient (Wildman–Crippen LogP) is 2.56. The van der Waals surface area contributed by atoms with E-state index in [0.29, 0.717) is 0 Å². The Labute approximate surface area is 117 Å². The topological polar surface area (TPSA) is 61.5 Å². The smallest absolute Gasteiger partial charge is 0.423 e. The van der Waals surface area contributed by atoms with E-state index in [9.17, 15) is 31.1 Å². The van der Waals surface area contributed by atoms with Crippen LogP contribution in [-0.4, -0.2) is 43.2 Å². The third-order valence-electron chi connectivity index (χ3n) is 2.46. The van der Waals surface area contributed by atoms with Gasteiger partial charge in [0.25, 0.3) is 0 Å². The number of carbonyl (C=O) groups excluding carboxylic acids is 1. The van der Waals surface area contributed by atoms with Crippen molar-refractivity contribution in [1.29, 1.82) is 0 Å². The fourth-order valence-electron chi connectivity index (χ4n) is 1.41. The average molecular weight is 325 g/mol. The van der Waals surface area contributed by atoms with E-state index in [1.807, 2.05) is 0 Å². The maximum Gasteiger partial charge on any atom is 0.423 e. The molecule has 0 aromatic carbocycles. The minimum atomic E-state index is -5.55. The lowest BCUT2D eigenvalue weighted by Crippen LogP contribution is -2.47. The van der Waals surface area contributed by atoms with E-state index in [0.717, 1.165) is 0 Å². The van der Waals surface area contributed by atoms with Gasteiger partial charge < -0.3 is 15.2 Å². The zero-order valence-corrected chi connectivity index (χ0v) is 11.5. The van der Waals surface area contributed by atoms with Crippen molar-refractivity contribution in [3.8, 4) is 0 Å². The molecule has 126 valence electrons. The lowest BCUT2D eigenvalue weighted by atomic mass is 9.98. The minimum absolute atomic E-state index is 0.0619.